The number of carbonyl (C=O) groups is 3. The molecule has 2 aliphatic rings. The largest absolute Gasteiger partial charge is 0.339 e. The first-order chi connectivity index (χ1) is 17.6. The van der Waals surface area contributed by atoms with E-state index in [1.54, 1.807) is 36.0 Å². The summed E-state index contributed by atoms with van der Waals surface area (Å²) in [6, 6.07) is 24.7. The highest BCUT2D eigenvalue weighted by Gasteiger charge is 2.32. The van der Waals surface area contributed by atoms with Gasteiger partial charge in [-0.2, -0.15) is 0 Å². The number of hydrogen-bond donors (Lipinski definition) is 1. The lowest BCUT2D eigenvalue weighted by Crippen LogP contribution is -2.30. The predicted octanol–water partition coefficient (Wildman–Crippen LogP) is 4.99. The predicted molar refractivity (Wildman–Crippen MR) is 143 cm³/mol. The fourth-order valence-electron chi connectivity index (χ4n) is 4.73. The molecule has 184 valence electrons. The summed E-state index contributed by atoms with van der Waals surface area (Å²) in [6.45, 7) is 2.17. The molecule has 5 rings (SSSR count). The Morgan fingerprint density at radius 2 is 1.58 bits per heavy atom. The summed E-state index contributed by atoms with van der Waals surface area (Å²) in [5, 5.41) is 2.86. The van der Waals surface area contributed by atoms with Gasteiger partial charge in [0.25, 0.3) is 11.8 Å². The van der Waals surface area contributed by atoms with Crippen molar-refractivity contribution in [2.45, 2.75) is 24.6 Å². The van der Waals surface area contributed by atoms with Gasteiger partial charge in [-0.15, -0.1) is 11.8 Å². The van der Waals surface area contributed by atoms with Gasteiger partial charge in [0, 0.05) is 25.2 Å². The van der Waals surface area contributed by atoms with Crippen LogP contribution in [0.1, 0.15) is 50.1 Å². The van der Waals surface area contributed by atoms with Crippen LogP contribution in [0.4, 0.5) is 5.69 Å². The van der Waals surface area contributed by atoms with Crippen LogP contribution >= 0.6 is 11.8 Å². The van der Waals surface area contributed by atoms with Gasteiger partial charge in [-0.3, -0.25) is 14.4 Å². The van der Waals surface area contributed by atoms with Crippen molar-refractivity contribution in [3.8, 4) is 0 Å². The second-order valence-electron chi connectivity index (χ2n) is 9.11. The first-order valence-electron chi connectivity index (χ1n) is 12.3. The van der Waals surface area contributed by atoms with Crippen LogP contribution in [0.15, 0.2) is 78.9 Å². The van der Waals surface area contributed by atoms with Gasteiger partial charge in [0.15, 0.2) is 0 Å². The number of likely N-dealkylation sites (tertiary alicyclic amines) is 1. The SMILES string of the molecule is O=C(Nc1ccccc1C(=O)N1CCCC1)c1ccc([C@H]2SCC(=O)N2CCc2ccccc2)cc1. The molecule has 0 saturated carbocycles. The maximum absolute atomic E-state index is 13.0. The summed E-state index contributed by atoms with van der Waals surface area (Å²) in [5.41, 5.74) is 3.75. The number of amides is 3. The van der Waals surface area contributed by atoms with Crippen molar-refractivity contribution in [1.82, 2.24) is 9.80 Å². The fraction of sp³-hybridized carbons (Fsp3) is 0.276. The molecule has 1 atom stereocenters. The van der Waals surface area contributed by atoms with Gasteiger partial charge in [-0.05, 0) is 54.7 Å². The molecule has 7 heteroatoms. The maximum atomic E-state index is 13.0. The first kappa shape index (κ1) is 24.1. The van der Waals surface area contributed by atoms with E-state index in [9.17, 15) is 14.4 Å². The molecule has 3 aromatic rings. The minimum absolute atomic E-state index is 0.0442. The normalized spacial score (nSPS) is 17.4. The number of benzene rings is 3. The van der Waals surface area contributed by atoms with Crippen molar-refractivity contribution >= 4 is 35.2 Å². The molecule has 0 bridgehead atoms. The van der Waals surface area contributed by atoms with Crippen LogP contribution in [-0.2, 0) is 11.2 Å². The molecular weight excluding hydrogens is 470 g/mol. The molecular formula is C29H29N3O3S. The molecule has 2 saturated heterocycles. The van der Waals surface area contributed by atoms with Crippen molar-refractivity contribution in [1.29, 1.82) is 0 Å². The van der Waals surface area contributed by atoms with Crippen molar-refractivity contribution in [2.24, 2.45) is 0 Å². The quantitative estimate of drug-likeness (QED) is 0.497. The maximum Gasteiger partial charge on any atom is 0.255 e. The van der Waals surface area contributed by atoms with Crippen LogP contribution in [0.5, 0.6) is 0 Å². The lowest BCUT2D eigenvalue weighted by molar-refractivity contribution is -0.128. The summed E-state index contributed by atoms with van der Waals surface area (Å²) in [4.78, 5) is 42.2. The molecule has 2 heterocycles. The van der Waals surface area contributed by atoms with E-state index in [-0.39, 0.29) is 23.1 Å². The average molecular weight is 500 g/mol. The second-order valence-corrected chi connectivity index (χ2v) is 10.2. The van der Waals surface area contributed by atoms with Gasteiger partial charge in [0.2, 0.25) is 5.91 Å². The Balaban J connectivity index is 1.26. The third-order valence-corrected chi connectivity index (χ3v) is 7.97. The van der Waals surface area contributed by atoms with Gasteiger partial charge >= 0.3 is 0 Å². The highest BCUT2D eigenvalue weighted by atomic mass is 32.2. The molecule has 2 aliphatic heterocycles. The van der Waals surface area contributed by atoms with Crippen molar-refractivity contribution in [3.05, 3.63) is 101 Å². The van der Waals surface area contributed by atoms with Crippen LogP contribution in [0.25, 0.3) is 0 Å². The minimum atomic E-state index is -0.265. The minimum Gasteiger partial charge on any atom is -0.339 e. The summed E-state index contributed by atoms with van der Waals surface area (Å²) in [6.07, 6.45) is 2.84. The van der Waals surface area contributed by atoms with E-state index in [1.165, 1.54) is 5.56 Å². The number of hydrogen-bond acceptors (Lipinski definition) is 4. The Hall–Kier alpha value is -3.58. The molecule has 0 aliphatic carbocycles. The van der Waals surface area contributed by atoms with E-state index in [2.05, 4.69) is 17.4 Å². The van der Waals surface area contributed by atoms with Gasteiger partial charge in [0.05, 0.1) is 17.0 Å². The Labute approximate surface area is 215 Å². The molecule has 2 fully saturated rings. The number of anilines is 1. The standard InChI is InChI=1S/C29H29N3O3S/c33-26-20-36-29(32(26)19-16-21-8-2-1-3-9-21)23-14-12-22(13-15-23)27(34)30-25-11-5-4-10-24(25)28(35)31-17-6-7-18-31/h1-5,8-15,29H,6-7,16-20H2,(H,30,34)/t29-/m1/s1. The van der Waals surface area contributed by atoms with Crippen LogP contribution < -0.4 is 5.32 Å². The molecule has 3 amide bonds. The van der Waals surface area contributed by atoms with Crippen molar-refractivity contribution in [3.63, 3.8) is 0 Å². The summed E-state index contributed by atoms with van der Waals surface area (Å²) in [7, 11) is 0. The van der Waals surface area contributed by atoms with E-state index >= 15 is 0 Å². The molecule has 0 radical (unpaired) electrons. The Morgan fingerprint density at radius 1 is 0.889 bits per heavy atom. The van der Waals surface area contributed by atoms with Crippen LogP contribution in [0.2, 0.25) is 0 Å². The van der Waals surface area contributed by atoms with Gasteiger partial charge in [0.1, 0.15) is 5.37 Å². The van der Waals surface area contributed by atoms with Crippen LogP contribution in [-0.4, -0.2) is 52.9 Å². The third-order valence-electron chi connectivity index (χ3n) is 6.71. The zero-order chi connectivity index (χ0) is 24.9. The molecule has 1 N–H and O–H groups in total. The lowest BCUT2D eigenvalue weighted by atomic mass is 10.1. The Morgan fingerprint density at radius 3 is 2.33 bits per heavy atom. The van der Waals surface area contributed by atoms with Crippen molar-refractivity contribution in [2.75, 3.05) is 30.7 Å². The van der Waals surface area contributed by atoms with E-state index < -0.39 is 0 Å². The number of nitrogens with zero attached hydrogens (tertiary/aromatic N) is 2. The Kier molecular flexibility index (Phi) is 7.37. The molecule has 0 spiro atoms. The van der Waals surface area contributed by atoms with E-state index in [0.29, 0.717) is 29.1 Å². The molecule has 0 aromatic heterocycles. The van der Waals surface area contributed by atoms with Gasteiger partial charge < -0.3 is 15.1 Å². The number of carbonyl (C=O) groups excluding carboxylic acids is 3. The molecule has 0 unspecified atom stereocenters. The summed E-state index contributed by atoms with van der Waals surface area (Å²) >= 11 is 1.61. The van der Waals surface area contributed by atoms with Crippen molar-refractivity contribution < 1.29 is 14.4 Å². The highest BCUT2D eigenvalue weighted by Crippen LogP contribution is 2.38. The number of nitrogens with one attached hydrogen (secondary N) is 1. The number of thioether (sulfide) groups is 1. The van der Waals surface area contributed by atoms with Gasteiger partial charge in [-0.1, -0.05) is 54.6 Å². The summed E-state index contributed by atoms with van der Waals surface area (Å²) in [5.74, 6) is 0.294. The fourth-order valence-corrected chi connectivity index (χ4v) is 5.95. The third kappa shape index (κ3) is 5.31. The highest BCUT2D eigenvalue weighted by molar-refractivity contribution is 8.00. The molecule has 36 heavy (non-hydrogen) atoms. The van der Waals surface area contributed by atoms with Gasteiger partial charge in [-0.25, -0.2) is 0 Å². The molecule has 3 aromatic carbocycles. The van der Waals surface area contributed by atoms with Crippen LogP contribution in [0.3, 0.4) is 0 Å². The summed E-state index contributed by atoms with van der Waals surface area (Å²) < 4.78 is 0. The topological polar surface area (TPSA) is 69.7 Å². The first-order valence-corrected chi connectivity index (χ1v) is 13.4. The lowest BCUT2D eigenvalue weighted by Gasteiger charge is -2.24. The smallest absolute Gasteiger partial charge is 0.255 e. The van der Waals surface area contributed by atoms with E-state index in [4.69, 9.17) is 0 Å². The van der Waals surface area contributed by atoms with Crippen LogP contribution in [0, 0.1) is 0 Å². The number of rotatable bonds is 7. The monoisotopic (exact) mass is 499 g/mol. The average Bonchev–Trinajstić information content (AvgIpc) is 3.58. The number of para-hydroxylation sites is 1. The zero-order valence-corrected chi connectivity index (χ0v) is 20.9. The van der Waals surface area contributed by atoms with E-state index in [1.807, 2.05) is 52.3 Å². The zero-order valence-electron chi connectivity index (χ0n) is 20.1. The Bertz CT molecular complexity index is 1240. The molecule has 6 nitrogen and oxygen atoms in total. The second kappa shape index (κ2) is 11.0. The van der Waals surface area contributed by atoms with E-state index in [0.717, 1.165) is 37.9 Å².